The van der Waals surface area contributed by atoms with E-state index in [1.54, 1.807) is 24.3 Å². The van der Waals surface area contributed by atoms with Crippen molar-refractivity contribution in [3.63, 3.8) is 0 Å². The van der Waals surface area contributed by atoms with Gasteiger partial charge in [-0.15, -0.1) is 5.73 Å². The minimum atomic E-state index is -1.49. The zero-order chi connectivity index (χ0) is 15.6. The van der Waals surface area contributed by atoms with Crippen LogP contribution in [0.3, 0.4) is 0 Å². The maximum atomic E-state index is 11.4. The van der Waals surface area contributed by atoms with Crippen LogP contribution in [0.2, 0.25) is 0 Å². The van der Waals surface area contributed by atoms with Crippen LogP contribution in [-0.4, -0.2) is 50.5 Å². The molecule has 5 nitrogen and oxygen atoms in total. The molecule has 0 spiro atoms. The summed E-state index contributed by atoms with van der Waals surface area (Å²) in [5.41, 5.74) is 3.48. The molecule has 0 saturated carbocycles. The molecule has 0 unspecified atom stereocenters. The van der Waals surface area contributed by atoms with E-state index in [0.29, 0.717) is 5.56 Å². The van der Waals surface area contributed by atoms with E-state index < -0.39 is 35.2 Å². The van der Waals surface area contributed by atoms with Gasteiger partial charge in [-0.05, 0) is 5.56 Å². The highest BCUT2D eigenvalue weighted by Gasteiger charge is 2.48. The van der Waals surface area contributed by atoms with Gasteiger partial charge >= 0.3 is 5.97 Å². The van der Waals surface area contributed by atoms with E-state index in [1.807, 2.05) is 6.07 Å². The summed E-state index contributed by atoms with van der Waals surface area (Å²) in [6.45, 7) is 3.50. The first kappa shape index (κ1) is 15.9. The monoisotopic (exact) mass is 354 g/mol. The lowest BCUT2D eigenvalue weighted by molar-refractivity contribution is -0.149. The molecule has 112 valence electrons. The first-order valence-corrected chi connectivity index (χ1v) is 7.23. The average molecular weight is 355 g/mol. The zero-order valence-corrected chi connectivity index (χ0v) is 12.6. The number of carbonyl (C=O) groups excluding carboxylic acids is 1. The van der Waals surface area contributed by atoms with Gasteiger partial charge in [-0.25, -0.2) is 0 Å². The number of benzene rings is 1. The highest BCUT2D eigenvalue weighted by atomic mass is 79.9. The smallest absolute Gasteiger partial charge is 0.323 e. The zero-order valence-electron chi connectivity index (χ0n) is 11.0. The normalized spacial score (nSPS) is 27.6. The van der Waals surface area contributed by atoms with Gasteiger partial charge in [-0.1, -0.05) is 52.8 Å². The summed E-state index contributed by atoms with van der Waals surface area (Å²) in [5, 5.41) is 30.3. The molecule has 21 heavy (non-hydrogen) atoms. The van der Waals surface area contributed by atoms with Crippen molar-refractivity contribution >= 4 is 27.5 Å². The number of esters is 1. The molecule has 0 radical (unpaired) electrons. The Morgan fingerprint density at radius 2 is 1.95 bits per heavy atom. The fourth-order valence-corrected chi connectivity index (χ4v) is 2.60. The Hall–Kier alpha value is -1.43. The standard InChI is InChI=1S/C15H15BrO5/c1-2-9(8-6-4-3-5-7-8)11(17)13(19)14-12(18)10(16)15(20)21-14/h3-7,10-14,17-19H,1H2/t10-,11-,12-,13+,14+/m1/s1. The second-order valence-corrected chi connectivity index (χ2v) is 5.67. The summed E-state index contributed by atoms with van der Waals surface area (Å²) in [6.07, 6.45) is -5.35. The lowest BCUT2D eigenvalue weighted by Crippen LogP contribution is -2.44. The third-order valence-electron chi connectivity index (χ3n) is 3.34. The van der Waals surface area contributed by atoms with Crippen molar-refractivity contribution in [3.8, 4) is 0 Å². The molecule has 6 heteroatoms. The molecular weight excluding hydrogens is 340 g/mol. The number of aliphatic hydroxyl groups is 3. The van der Waals surface area contributed by atoms with Crippen molar-refractivity contribution in [1.82, 2.24) is 0 Å². The highest BCUT2D eigenvalue weighted by molar-refractivity contribution is 9.10. The van der Waals surface area contributed by atoms with Gasteiger partial charge in [0.25, 0.3) is 0 Å². The van der Waals surface area contributed by atoms with Crippen molar-refractivity contribution in [2.75, 3.05) is 0 Å². The molecule has 5 atom stereocenters. The van der Waals surface area contributed by atoms with Crippen LogP contribution < -0.4 is 0 Å². The van der Waals surface area contributed by atoms with Gasteiger partial charge in [0, 0.05) is 5.57 Å². The number of aliphatic hydroxyl groups excluding tert-OH is 3. The number of hydrogen-bond donors (Lipinski definition) is 3. The third-order valence-corrected chi connectivity index (χ3v) is 4.26. The second-order valence-electron chi connectivity index (χ2n) is 4.69. The van der Waals surface area contributed by atoms with Gasteiger partial charge in [0.15, 0.2) is 6.10 Å². The molecule has 0 aliphatic carbocycles. The Labute approximate surface area is 130 Å². The molecule has 1 aliphatic rings. The van der Waals surface area contributed by atoms with Crippen molar-refractivity contribution in [2.24, 2.45) is 0 Å². The SMILES string of the molecule is C=C=C(c1ccccc1)[C@@H](O)[C@H](O)[C@H]1OC(=O)[C@H](Br)[C@H]1O. The van der Waals surface area contributed by atoms with Crippen LogP contribution in [0, 0.1) is 0 Å². The molecule has 1 fully saturated rings. The van der Waals surface area contributed by atoms with Crippen LogP contribution in [0.15, 0.2) is 42.6 Å². The summed E-state index contributed by atoms with van der Waals surface area (Å²) in [5.74, 6) is -0.678. The van der Waals surface area contributed by atoms with Gasteiger partial charge < -0.3 is 20.1 Å². The molecule has 3 N–H and O–H groups in total. The molecule has 0 aromatic heterocycles. The first-order chi connectivity index (χ1) is 9.97. The summed E-state index contributed by atoms with van der Waals surface area (Å²) >= 11 is 2.97. The van der Waals surface area contributed by atoms with E-state index in [4.69, 9.17) is 4.74 Å². The van der Waals surface area contributed by atoms with Crippen molar-refractivity contribution < 1.29 is 24.9 Å². The third kappa shape index (κ3) is 3.10. The Balaban J connectivity index is 2.21. The van der Waals surface area contributed by atoms with Crippen LogP contribution in [0.5, 0.6) is 0 Å². The predicted octanol–water partition coefficient (Wildman–Crippen LogP) is 0.626. The van der Waals surface area contributed by atoms with Crippen LogP contribution in [0.1, 0.15) is 5.56 Å². The van der Waals surface area contributed by atoms with Gasteiger partial charge in [0.05, 0.1) is 0 Å². The summed E-state index contributed by atoms with van der Waals surface area (Å²) in [7, 11) is 0. The van der Waals surface area contributed by atoms with E-state index in [0.717, 1.165) is 0 Å². The number of rotatable bonds is 4. The molecule has 1 heterocycles. The van der Waals surface area contributed by atoms with Crippen molar-refractivity contribution in [2.45, 2.75) is 29.2 Å². The lowest BCUT2D eigenvalue weighted by Gasteiger charge is -2.25. The minimum Gasteiger partial charge on any atom is -0.456 e. The fourth-order valence-electron chi connectivity index (χ4n) is 2.19. The van der Waals surface area contributed by atoms with E-state index in [9.17, 15) is 20.1 Å². The number of ether oxygens (including phenoxy) is 1. The Morgan fingerprint density at radius 3 is 2.43 bits per heavy atom. The molecule has 1 aliphatic heterocycles. The first-order valence-electron chi connectivity index (χ1n) is 6.31. The van der Waals surface area contributed by atoms with E-state index in [-0.39, 0.29) is 5.57 Å². The molecule has 2 rings (SSSR count). The molecule has 0 bridgehead atoms. The van der Waals surface area contributed by atoms with E-state index >= 15 is 0 Å². The van der Waals surface area contributed by atoms with Crippen LogP contribution in [-0.2, 0) is 9.53 Å². The largest absolute Gasteiger partial charge is 0.456 e. The van der Waals surface area contributed by atoms with Crippen LogP contribution in [0.25, 0.3) is 5.57 Å². The lowest BCUT2D eigenvalue weighted by atomic mass is 9.93. The average Bonchev–Trinajstić information content (AvgIpc) is 2.76. The summed E-state index contributed by atoms with van der Waals surface area (Å²) in [4.78, 5) is 10.5. The Kier molecular flexibility index (Phi) is 4.98. The van der Waals surface area contributed by atoms with Crippen molar-refractivity contribution in [1.29, 1.82) is 0 Å². The second kappa shape index (κ2) is 6.56. The van der Waals surface area contributed by atoms with Crippen molar-refractivity contribution in [3.05, 3.63) is 48.2 Å². The van der Waals surface area contributed by atoms with Gasteiger partial charge in [-0.2, -0.15) is 0 Å². The van der Waals surface area contributed by atoms with Gasteiger partial charge in [0.2, 0.25) is 0 Å². The van der Waals surface area contributed by atoms with Crippen LogP contribution in [0.4, 0.5) is 0 Å². The maximum Gasteiger partial charge on any atom is 0.323 e. The molecule has 1 saturated heterocycles. The summed E-state index contributed by atoms with van der Waals surface area (Å²) < 4.78 is 4.89. The molecule has 0 amide bonds. The van der Waals surface area contributed by atoms with E-state index in [1.165, 1.54) is 0 Å². The number of halogens is 1. The number of carbonyl (C=O) groups is 1. The maximum absolute atomic E-state index is 11.4. The topological polar surface area (TPSA) is 87.0 Å². The number of hydrogen-bond acceptors (Lipinski definition) is 5. The van der Waals surface area contributed by atoms with Gasteiger partial charge in [-0.3, -0.25) is 4.79 Å². The Morgan fingerprint density at radius 1 is 1.33 bits per heavy atom. The molecule has 1 aromatic carbocycles. The molecule has 1 aromatic rings. The van der Waals surface area contributed by atoms with Gasteiger partial charge in [0.1, 0.15) is 23.1 Å². The number of cyclic esters (lactones) is 1. The fraction of sp³-hybridized carbons (Fsp3) is 0.333. The predicted molar refractivity (Wildman–Crippen MR) is 79.6 cm³/mol. The van der Waals surface area contributed by atoms with Crippen LogP contribution >= 0.6 is 15.9 Å². The quantitative estimate of drug-likeness (QED) is 0.419. The Bertz CT molecular complexity index is 567. The highest BCUT2D eigenvalue weighted by Crippen LogP contribution is 2.29. The minimum absolute atomic E-state index is 0.268. The number of alkyl halides is 1. The van der Waals surface area contributed by atoms with E-state index in [2.05, 4.69) is 28.2 Å². The molecular formula is C15H15BrO5. The summed E-state index contributed by atoms with van der Waals surface area (Å²) in [6, 6.07) is 8.81.